The van der Waals surface area contributed by atoms with Gasteiger partial charge in [-0.3, -0.25) is 4.98 Å². The van der Waals surface area contributed by atoms with E-state index in [0.717, 1.165) is 16.5 Å². The third kappa shape index (κ3) is 4.81. The highest BCUT2D eigenvalue weighted by molar-refractivity contribution is 5.79. The van der Waals surface area contributed by atoms with Gasteiger partial charge in [0.15, 0.2) is 0 Å². The van der Waals surface area contributed by atoms with Crippen molar-refractivity contribution in [1.82, 2.24) is 10.3 Å². The van der Waals surface area contributed by atoms with Crippen molar-refractivity contribution < 1.29 is 9.53 Å². The van der Waals surface area contributed by atoms with Gasteiger partial charge in [-0.05, 0) is 45.0 Å². The Morgan fingerprint density at radius 2 is 2.14 bits per heavy atom. The zero-order chi connectivity index (χ0) is 15.3. The summed E-state index contributed by atoms with van der Waals surface area (Å²) in [5, 5.41) is 3.65. The van der Waals surface area contributed by atoms with Crippen LogP contribution in [-0.2, 0) is 4.74 Å². The Balaban J connectivity index is 1.94. The summed E-state index contributed by atoms with van der Waals surface area (Å²) in [6.07, 6.45) is 1.30. The van der Waals surface area contributed by atoms with E-state index >= 15 is 0 Å². The number of alkyl carbamates (subject to hydrolysis) is 1. The Morgan fingerprint density at radius 1 is 1.33 bits per heavy atom. The summed E-state index contributed by atoms with van der Waals surface area (Å²) < 4.78 is 5.12. The van der Waals surface area contributed by atoms with Gasteiger partial charge < -0.3 is 10.1 Å². The Hall–Kier alpha value is -2.54. The lowest BCUT2D eigenvalue weighted by Gasteiger charge is -2.18. The van der Waals surface area contributed by atoms with Crippen LogP contribution in [0.15, 0.2) is 36.5 Å². The fourth-order valence-electron chi connectivity index (χ4n) is 1.73. The van der Waals surface area contributed by atoms with Crippen molar-refractivity contribution in [2.75, 3.05) is 6.54 Å². The van der Waals surface area contributed by atoms with Gasteiger partial charge in [0, 0.05) is 17.1 Å². The zero-order valence-electron chi connectivity index (χ0n) is 12.4. The number of amides is 1. The number of pyridine rings is 1. The first-order chi connectivity index (χ1) is 9.94. The smallest absolute Gasteiger partial charge is 0.408 e. The summed E-state index contributed by atoms with van der Waals surface area (Å²) in [5.41, 5.74) is 1.33. The highest BCUT2D eigenvalue weighted by Gasteiger charge is 2.14. The minimum Gasteiger partial charge on any atom is -0.444 e. The fraction of sp³-hybridized carbons (Fsp3) is 0.294. The summed E-state index contributed by atoms with van der Waals surface area (Å²) >= 11 is 0. The maximum atomic E-state index is 11.4. The quantitative estimate of drug-likeness (QED) is 0.818. The van der Waals surface area contributed by atoms with Gasteiger partial charge in [0.25, 0.3) is 0 Å². The van der Waals surface area contributed by atoms with Crippen LogP contribution in [0.2, 0.25) is 0 Å². The molecule has 4 heteroatoms. The largest absolute Gasteiger partial charge is 0.444 e. The lowest BCUT2D eigenvalue weighted by Crippen LogP contribution is -2.32. The number of carbonyl (C=O) groups excluding carboxylic acids is 1. The minimum absolute atomic E-state index is 0.250. The maximum Gasteiger partial charge on any atom is 0.408 e. The van der Waals surface area contributed by atoms with Crippen LogP contribution < -0.4 is 5.32 Å². The number of nitrogens with one attached hydrogen (secondary N) is 1. The summed E-state index contributed by atoms with van der Waals surface area (Å²) in [6, 6.07) is 9.70. The molecule has 0 aliphatic carbocycles. The molecule has 1 aromatic carbocycles. The van der Waals surface area contributed by atoms with E-state index in [4.69, 9.17) is 4.74 Å². The van der Waals surface area contributed by atoms with Gasteiger partial charge in [-0.1, -0.05) is 17.9 Å². The molecule has 1 N–H and O–H groups in total. The second-order valence-electron chi connectivity index (χ2n) is 5.57. The van der Waals surface area contributed by atoms with Gasteiger partial charge in [0.05, 0.1) is 12.1 Å². The molecule has 0 saturated heterocycles. The van der Waals surface area contributed by atoms with Crippen molar-refractivity contribution in [3.8, 4) is 11.8 Å². The van der Waals surface area contributed by atoms with Crippen molar-refractivity contribution in [3.63, 3.8) is 0 Å². The predicted molar refractivity (Wildman–Crippen MR) is 82.9 cm³/mol. The SMILES string of the molecule is CC(C)(C)OC(=O)NCC#Cc1ccc2ncccc2c1. The molecule has 0 aliphatic heterocycles. The van der Waals surface area contributed by atoms with E-state index in [-0.39, 0.29) is 6.54 Å². The molecule has 0 radical (unpaired) electrons. The zero-order valence-corrected chi connectivity index (χ0v) is 12.4. The number of aromatic nitrogens is 1. The Labute approximate surface area is 124 Å². The van der Waals surface area contributed by atoms with Crippen LogP contribution >= 0.6 is 0 Å². The molecule has 1 aromatic heterocycles. The van der Waals surface area contributed by atoms with Gasteiger partial charge in [-0.15, -0.1) is 0 Å². The highest BCUT2D eigenvalue weighted by atomic mass is 16.6. The molecule has 2 rings (SSSR count). The Kier molecular flexibility index (Phi) is 4.44. The van der Waals surface area contributed by atoms with Crippen molar-refractivity contribution >= 4 is 17.0 Å². The maximum absolute atomic E-state index is 11.4. The van der Waals surface area contributed by atoms with Crippen LogP contribution in [0.1, 0.15) is 26.3 Å². The molecule has 21 heavy (non-hydrogen) atoms. The summed E-state index contributed by atoms with van der Waals surface area (Å²) in [4.78, 5) is 15.7. The van der Waals surface area contributed by atoms with E-state index in [1.54, 1.807) is 6.20 Å². The molecule has 0 spiro atoms. The fourth-order valence-corrected chi connectivity index (χ4v) is 1.73. The van der Waals surface area contributed by atoms with Crippen molar-refractivity contribution in [2.24, 2.45) is 0 Å². The van der Waals surface area contributed by atoms with Gasteiger partial charge in [-0.25, -0.2) is 4.79 Å². The van der Waals surface area contributed by atoms with Crippen molar-refractivity contribution in [2.45, 2.75) is 26.4 Å². The van der Waals surface area contributed by atoms with Crippen molar-refractivity contribution in [3.05, 3.63) is 42.1 Å². The van der Waals surface area contributed by atoms with Gasteiger partial charge in [-0.2, -0.15) is 0 Å². The average molecular weight is 282 g/mol. The van der Waals surface area contributed by atoms with Crippen LogP contribution in [0.3, 0.4) is 0 Å². The molecule has 4 nitrogen and oxygen atoms in total. The minimum atomic E-state index is -0.497. The molecule has 0 aliphatic rings. The number of ether oxygens (including phenoxy) is 1. The standard InChI is InChI=1S/C17H18N2O2/c1-17(2,3)21-16(20)19-11-4-6-13-8-9-15-14(12-13)7-5-10-18-15/h5,7-10,12H,11H2,1-3H3,(H,19,20). The Morgan fingerprint density at radius 3 is 2.90 bits per heavy atom. The number of hydrogen-bond acceptors (Lipinski definition) is 3. The van der Waals surface area contributed by atoms with Crippen LogP contribution in [0.25, 0.3) is 10.9 Å². The topological polar surface area (TPSA) is 51.2 Å². The molecule has 2 aromatic rings. The number of fused-ring (bicyclic) bond motifs is 1. The van der Waals surface area contributed by atoms with E-state index in [1.807, 2.05) is 51.1 Å². The molecule has 0 fully saturated rings. The molecule has 0 saturated carbocycles. The molecular formula is C17H18N2O2. The number of hydrogen-bond donors (Lipinski definition) is 1. The highest BCUT2D eigenvalue weighted by Crippen LogP contribution is 2.12. The molecular weight excluding hydrogens is 264 g/mol. The molecule has 108 valence electrons. The molecule has 0 unspecified atom stereocenters. The molecule has 0 bridgehead atoms. The van der Waals surface area contributed by atoms with Crippen LogP contribution in [0.4, 0.5) is 4.79 Å². The van der Waals surface area contributed by atoms with Crippen LogP contribution in [0, 0.1) is 11.8 Å². The Bertz CT molecular complexity index is 706. The third-order valence-electron chi connectivity index (χ3n) is 2.56. The summed E-state index contributed by atoms with van der Waals surface area (Å²) in [5.74, 6) is 5.91. The lowest BCUT2D eigenvalue weighted by atomic mass is 10.1. The van der Waals surface area contributed by atoms with Crippen LogP contribution in [0.5, 0.6) is 0 Å². The first kappa shape index (κ1) is 14.9. The van der Waals surface area contributed by atoms with E-state index in [1.165, 1.54) is 0 Å². The van der Waals surface area contributed by atoms with Crippen molar-refractivity contribution in [1.29, 1.82) is 0 Å². The van der Waals surface area contributed by atoms with Gasteiger partial charge in [0.2, 0.25) is 0 Å². The van der Waals surface area contributed by atoms with E-state index < -0.39 is 11.7 Å². The molecule has 1 amide bonds. The monoisotopic (exact) mass is 282 g/mol. The summed E-state index contributed by atoms with van der Waals surface area (Å²) in [7, 11) is 0. The second kappa shape index (κ2) is 6.27. The van der Waals surface area contributed by atoms with Gasteiger partial charge >= 0.3 is 6.09 Å². The lowest BCUT2D eigenvalue weighted by molar-refractivity contribution is 0.0535. The predicted octanol–water partition coefficient (Wildman–Crippen LogP) is 3.11. The average Bonchev–Trinajstić information content (AvgIpc) is 2.41. The number of carbonyl (C=O) groups is 1. The van der Waals surface area contributed by atoms with E-state index in [0.29, 0.717) is 0 Å². The molecule has 1 heterocycles. The third-order valence-corrected chi connectivity index (χ3v) is 2.56. The first-order valence-electron chi connectivity index (χ1n) is 6.74. The van der Waals surface area contributed by atoms with Crippen LogP contribution in [-0.4, -0.2) is 23.2 Å². The number of benzene rings is 1. The first-order valence-corrected chi connectivity index (χ1v) is 6.74. The second-order valence-corrected chi connectivity index (χ2v) is 5.57. The number of rotatable bonds is 1. The normalized spacial score (nSPS) is 10.6. The van der Waals surface area contributed by atoms with Gasteiger partial charge in [0.1, 0.15) is 5.60 Å². The van der Waals surface area contributed by atoms with E-state index in [2.05, 4.69) is 22.1 Å². The summed E-state index contributed by atoms with van der Waals surface area (Å²) in [6.45, 7) is 5.71. The van der Waals surface area contributed by atoms with E-state index in [9.17, 15) is 4.79 Å². The molecule has 0 atom stereocenters. The number of nitrogens with zero attached hydrogens (tertiary/aromatic N) is 1.